The number of hydrazone groups is 1. The molecule has 2 atom stereocenters. The van der Waals surface area contributed by atoms with Crippen LogP contribution in [0.1, 0.15) is 51.9 Å². The van der Waals surface area contributed by atoms with E-state index >= 15 is 0 Å². The number of piperidine rings is 1. The summed E-state index contributed by atoms with van der Waals surface area (Å²) in [7, 11) is -2.68. The third kappa shape index (κ3) is 7.40. The molecule has 5 N–H and O–H groups in total. The molecule has 0 aromatic heterocycles. The molecule has 234 valence electrons. The Hall–Kier alpha value is -3.39. The van der Waals surface area contributed by atoms with Crippen LogP contribution in [-0.4, -0.2) is 81.7 Å². The summed E-state index contributed by atoms with van der Waals surface area (Å²) in [5.41, 5.74) is -2.54. The summed E-state index contributed by atoms with van der Waals surface area (Å²) in [6.45, 7) is 2.85. The largest absolute Gasteiger partial charge is 0.411 e. The van der Waals surface area contributed by atoms with Gasteiger partial charge in [0.15, 0.2) is 5.78 Å². The maximum Gasteiger partial charge on any atom is 0.350 e. The number of amides is 1. The topological polar surface area (TPSA) is 172 Å². The number of hydrogen-bond donors (Lipinski definition) is 4. The van der Waals surface area contributed by atoms with Crippen molar-refractivity contribution < 1.29 is 27.5 Å². The molecule has 4 rings (SSSR count). The number of esters is 1. The molecule has 2 fully saturated rings. The number of carbonyl (C=O) groups is 3. The molecule has 1 aliphatic heterocycles. The van der Waals surface area contributed by atoms with Gasteiger partial charge < -0.3 is 20.8 Å². The Balaban J connectivity index is 1.70. The minimum Gasteiger partial charge on any atom is -0.411 e. The molecule has 1 amide bonds. The van der Waals surface area contributed by atoms with E-state index < -0.39 is 39.3 Å². The molecule has 1 heterocycles. The van der Waals surface area contributed by atoms with E-state index in [0.717, 1.165) is 37.5 Å². The van der Waals surface area contributed by atoms with Crippen LogP contribution in [0, 0.1) is 5.92 Å². The molecule has 2 unspecified atom stereocenters. The van der Waals surface area contributed by atoms with E-state index in [1.165, 1.54) is 24.0 Å². The highest BCUT2D eigenvalue weighted by atomic mass is 32.2. The summed E-state index contributed by atoms with van der Waals surface area (Å²) < 4.78 is 34.5. The molecular formula is C30H42N6O6S. The minimum atomic E-state index is -4.23. The van der Waals surface area contributed by atoms with Gasteiger partial charge in [-0.05, 0) is 81.1 Å². The first-order valence-corrected chi connectivity index (χ1v) is 16.3. The van der Waals surface area contributed by atoms with Gasteiger partial charge >= 0.3 is 5.97 Å². The van der Waals surface area contributed by atoms with Gasteiger partial charge in [-0.25, -0.2) is 17.9 Å². The summed E-state index contributed by atoms with van der Waals surface area (Å²) in [6.07, 6.45) is 6.76. The molecular weight excluding hydrogens is 572 g/mol. The van der Waals surface area contributed by atoms with Crippen LogP contribution in [0.4, 0.5) is 0 Å². The predicted molar refractivity (Wildman–Crippen MR) is 163 cm³/mol. The Bertz CT molecular complexity index is 1440. The van der Waals surface area contributed by atoms with Crippen molar-refractivity contribution in [2.24, 2.45) is 16.9 Å². The van der Waals surface area contributed by atoms with E-state index in [0.29, 0.717) is 37.7 Å². The van der Waals surface area contributed by atoms with E-state index in [1.807, 2.05) is 12.1 Å². The first-order valence-electron chi connectivity index (χ1n) is 14.8. The van der Waals surface area contributed by atoms with Gasteiger partial charge in [0.25, 0.3) is 11.4 Å². The highest BCUT2D eigenvalue weighted by Crippen LogP contribution is 2.26. The molecule has 2 aromatic carbocycles. The van der Waals surface area contributed by atoms with Gasteiger partial charge in [0.05, 0.1) is 10.9 Å². The highest BCUT2D eigenvalue weighted by molar-refractivity contribution is 7.89. The van der Waals surface area contributed by atoms with Crippen molar-refractivity contribution in [2.75, 3.05) is 26.7 Å². The van der Waals surface area contributed by atoms with E-state index in [1.54, 1.807) is 25.2 Å². The lowest BCUT2D eigenvalue weighted by molar-refractivity contribution is -0.159. The van der Waals surface area contributed by atoms with Gasteiger partial charge in [0.2, 0.25) is 16.4 Å². The van der Waals surface area contributed by atoms with E-state index in [2.05, 4.69) is 20.5 Å². The van der Waals surface area contributed by atoms with Crippen LogP contribution in [0.25, 0.3) is 10.8 Å². The molecule has 0 spiro atoms. The fraction of sp³-hybridized carbons (Fsp3) is 0.533. The zero-order valence-corrected chi connectivity index (χ0v) is 25.6. The molecule has 1 saturated heterocycles. The maximum atomic E-state index is 14.4. The second kappa shape index (κ2) is 14.4. The van der Waals surface area contributed by atoms with Gasteiger partial charge in [0.1, 0.15) is 0 Å². The van der Waals surface area contributed by atoms with Crippen LogP contribution >= 0.6 is 0 Å². The number of nitrogens with zero attached hydrogens (tertiary/aromatic N) is 2. The average Bonchev–Trinajstić information content (AvgIpc) is 3.03. The Morgan fingerprint density at radius 3 is 2.44 bits per heavy atom. The summed E-state index contributed by atoms with van der Waals surface area (Å²) in [4.78, 5) is 43.8. The molecule has 12 nitrogen and oxygen atoms in total. The van der Waals surface area contributed by atoms with Crippen molar-refractivity contribution >= 4 is 44.9 Å². The molecule has 2 aliphatic rings. The van der Waals surface area contributed by atoms with Crippen LogP contribution in [0.15, 0.2) is 52.5 Å². The monoisotopic (exact) mass is 614 g/mol. The van der Waals surface area contributed by atoms with Gasteiger partial charge in [-0.1, -0.05) is 49.6 Å². The first kappa shape index (κ1) is 32.5. The lowest BCUT2D eigenvalue weighted by Gasteiger charge is -2.39. The summed E-state index contributed by atoms with van der Waals surface area (Å²) >= 11 is 0. The van der Waals surface area contributed by atoms with Crippen molar-refractivity contribution in [3.05, 3.63) is 42.5 Å². The number of likely N-dealkylation sites (N-methyl/N-ethyl adjacent to an activating group) is 1. The molecule has 1 aliphatic carbocycles. The lowest BCUT2D eigenvalue weighted by atomic mass is 9.84. The van der Waals surface area contributed by atoms with Crippen molar-refractivity contribution in [1.82, 2.24) is 20.3 Å². The van der Waals surface area contributed by atoms with Crippen LogP contribution < -0.4 is 21.2 Å². The normalized spacial score (nSPS) is 19.1. The number of nitrogens with two attached hydrogens (primary N) is 1. The third-order valence-electron chi connectivity index (χ3n) is 8.53. The zero-order valence-electron chi connectivity index (χ0n) is 24.8. The van der Waals surface area contributed by atoms with E-state index in [9.17, 15) is 22.8 Å². The van der Waals surface area contributed by atoms with Crippen LogP contribution in [0.3, 0.4) is 0 Å². The van der Waals surface area contributed by atoms with E-state index in [4.69, 9.17) is 10.6 Å². The number of benzene rings is 2. The smallest absolute Gasteiger partial charge is 0.350 e. The summed E-state index contributed by atoms with van der Waals surface area (Å²) in [6, 6.07) is 10.2. The Morgan fingerprint density at radius 2 is 1.77 bits per heavy atom. The predicted octanol–water partition coefficient (Wildman–Crippen LogP) is 1.64. The van der Waals surface area contributed by atoms with Crippen LogP contribution in [-0.2, 0) is 29.1 Å². The number of hydrogen-bond acceptors (Lipinski definition) is 10. The second-order valence-electron chi connectivity index (χ2n) is 11.4. The first-order chi connectivity index (χ1) is 20.6. The van der Waals surface area contributed by atoms with Crippen LogP contribution in [0.2, 0.25) is 0 Å². The van der Waals surface area contributed by atoms with Crippen molar-refractivity contribution in [3.63, 3.8) is 0 Å². The Kier molecular flexibility index (Phi) is 10.9. The highest BCUT2D eigenvalue weighted by Gasteiger charge is 2.57. The molecule has 0 radical (unpaired) electrons. The van der Waals surface area contributed by atoms with Gasteiger partial charge in [-0.3, -0.25) is 14.9 Å². The Labute approximate surface area is 252 Å². The molecule has 0 bridgehead atoms. The number of sulfonamides is 1. The van der Waals surface area contributed by atoms with Crippen LogP contribution in [0.5, 0.6) is 0 Å². The number of ketones is 1. The summed E-state index contributed by atoms with van der Waals surface area (Å²) in [5, 5.41) is 11.0. The fourth-order valence-electron chi connectivity index (χ4n) is 6.02. The van der Waals surface area contributed by atoms with Gasteiger partial charge in [-0.15, -0.1) is 0 Å². The number of Topliss-reactive ketones (excluding diaryl/α,β-unsaturated/α-hetero) is 1. The SMILES string of the molecule is CC(NS(=O)(=O)c1ccc2ccccc2c1)C(=O)C(NCC1CCCCC1)(C(=O)OC=NN)C(=O)N(C)C1CCNCC1. The van der Waals surface area contributed by atoms with Crippen molar-refractivity contribution in [2.45, 2.75) is 74.4 Å². The van der Waals surface area contributed by atoms with E-state index in [-0.39, 0.29) is 23.4 Å². The standard InChI is InChI=1S/C30H42N6O6S/c1-21(35-43(40,41)26-13-12-23-10-6-7-11-24(23)18-26)27(37)30(29(39)42-20-34-31,33-19-22-8-4-3-5-9-22)28(38)36(2)25-14-16-32-17-15-25/h6-7,10-13,18,20-22,25,32-33,35H,3-5,8-9,14-17,19,31H2,1-2H3. The number of fused-ring (bicyclic) bond motifs is 1. The molecule has 13 heteroatoms. The average molecular weight is 615 g/mol. The third-order valence-corrected chi connectivity index (χ3v) is 10.1. The number of nitrogens with one attached hydrogen (secondary N) is 3. The number of carbonyl (C=O) groups excluding carboxylic acids is 3. The molecule has 43 heavy (non-hydrogen) atoms. The minimum absolute atomic E-state index is 0.0531. The second-order valence-corrected chi connectivity index (χ2v) is 13.1. The molecule has 1 saturated carbocycles. The molecule has 2 aromatic rings. The summed E-state index contributed by atoms with van der Waals surface area (Å²) in [5.74, 6) is 2.30. The maximum absolute atomic E-state index is 14.4. The Morgan fingerprint density at radius 1 is 1.09 bits per heavy atom. The van der Waals surface area contributed by atoms with Gasteiger partial charge in [0, 0.05) is 13.1 Å². The van der Waals surface area contributed by atoms with Crippen molar-refractivity contribution in [1.29, 1.82) is 0 Å². The van der Waals surface area contributed by atoms with Gasteiger partial charge in [-0.2, -0.15) is 5.10 Å². The lowest BCUT2D eigenvalue weighted by Crippen LogP contribution is -2.72. The number of ether oxygens (including phenoxy) is 1. The zero-order chi connectivity index (χ0) is 31.0. The number of rotatable bonds is 12. The van der Waals surface area contributed by atoms with Crippen molar-refractivity contribution in [3.8, 4) is 0 Å². The quantitative estimate of drug-likeness (QED) is 0.0693. The fourth-order valence-corrected chi connectivity index (χ4v) is 7.26.